The van der Waals surface area contributed by atoms with Crippen LogP contribution in [0.25, 0.3) is 0 Å². The maximum absolute atomic E-state index is 12.2. The molecule has 2 heterocycles. The van der Waals surface area contributed by atoms with Crippen molar-refractivity contribution in [2.75, 3.05) is 0 Å². The van der Waals surface area contributed by atoms with Crippen LogP contribution < -0.4 is 0 Å². The van der Waals surface area contributed by atoms with Gasteiger partial charge in [0, 0.05) is 30.8 Å². The molecule has 1 unspecified atom stereocenters. The molecule has 0 saturated heterocycles. The molecule has 0 bridgehead atoms. The van der Waals surface area contributed by atoms with E-state index < -0.39 is 5.60 Å². The molecular formula is C14H23N3O2. The molecule has 1 aliphatic heterocycles. The highest BCUT2D eigenvalue weighted by Gasteiger charge is 2.33. The SMILES string of the molecule is Cc1nn(C)c2c1CN(C(=O)OC(C)(C)C)C(C)C2. The van der Waals surface area contributed by atoms with Gasteiger partial charge in [0.15, 0.2) is 0 Å². The molecule has 0 aromatic carbocycles. The summed E-state index contributed by atoms with van der Waals surface area (Å²) in [6, 6.07) is 0.136. The predicted octanol–water partition coefficient (Wildman–Crippen LogP) is 2.41. The van der Waals surface area contributed by atoms with Gasteiger partial charge >= 0.3 is 6.09 Å². The van der Waals surface area contributed by atoms with Crippen molar-refractivity contribution < 1.29 is 9.53 Å². The lowest BCUT2D eigenvalue weighted by Crippen LogP contribution is -2.45. The second-order valence-corrected chi connectivity index (χ2v) is 6.30. The van der Waals surface area contributed by atoms with Crippen molar-refractivity contribution in [3.63, 3.8) is 0 Å². The minimum absolute atomic E-state index is 0.136. The molecule has 0 aliphatic carbocycles. The Labute approximate surface area is 114 Å². The number of carbonyl (C=O) groups is 1. The van der Waals surface area contributed by atoms with Gasteiger partial charge in [0.25, 0.3) is 0 Å². The first-order valence-corrected chi connectivity index (χ1v) is 6.70. The molecule has 19 heavy (non-hydrogen) atoms. The number of aromatic nitrogens is 2. The van der Waals surface area contributed by atoms with E-state index in [-0.39, 0.29) is 12.1 Å². The Bertz CT molecular complexity index is 500. The molecule has 0 spiro atoms. The van der Waals surface area contributed by atoms with Gasteiger partial charge in [-0.3, -0.25) is 4.68 Å². The first-order valence-electron chi connectivity index (χ1n) is 6.70. The number of fused-ring (bicyclic) bond motifs is 1. The van der Waals surface area contributed by atoms with Crippen LogP contribution in [0, 0.1) is 6.92 Å². The number of nitrogens with zero attached hydrogens (tertiary/aromatic N) is 3. The van der Waals surface area contributed by atoms with Crippen LogP contribution in [0.15, 0.2) is 0 Å². The fraction of sp³-hybridized carbons (Fsp3) is 0.714. The minimum atomic E-state index is -0.457. The van der Waals surface area contributed by atoms with E-state index in [4.69, 9.17) is 4.74 Å². The Hall–Kier alpha value is -1.52. The van der Waals surface area contributed by atoms with E-state index >= 15 is 0 Å². The zero-order chi connectivity index (χ0) is 14.4. The van der Waals surface area contributed by atoms with Crippen LogP contribution in [0.1, 0.15) is 44.6 Å². The van der Waals surface area contributed by atoms with E-state index in [1.807, 2.05) is 39.4 Å². The molecule has 5 heteroatoms. The van der Waals surface area contributed by atoms with Crippen molar-refractivity contribution in [1.29, 1.82) is 0 Å². The van der Waals surface area contributed by atoms with Gasteiger partial charge in [-0.1, -0.05) is 0 Å². The third-order valence-electron chi connectivity index (χ3n) is 3.45. The molecule has 5 nitrogen and oxygen atoms in total. The maximum atomic E-state index is 12.2. The number of hydrogen-bond donors (Lipinski definition) is 0. The van der Waals surface area contributed by atoms with Crippen LogP contribution >= 0.6 is 0 Å². The molecule has 1 aromatic heterocycles. The third kappa shape index (κ3) is 2.74. The number of rotatable bonds is 0. The van der Waals surface area contributed by atoms with Gasteiger partial charge in [0.05, 0.1) is 12.2 Å². The van der Waals surface area contributed by atoms with E-state index in [0.29, 0.717) is 6.54 Å². The zero-order valence-electron chi connectivity index (χ0n) is 12.6. The topological polar surface area (TPSA) is 47.4 Å². The summed E-state index contributed by atoms with van der Waals surface area (Å²) < 4.78 is 7.39. The summed E-state index contributed by atoms with van der Waals surface area (Å²) in [5, 5.41) is 4.43. The molecule has 106 valence electrons. The first kappa shape index (κ1) is 13.9. The largest absolute Gasteiger partial charge is 0.444 e. The lowest BCUT2D eigenvalue weighted by atomic mass is 10.0. The minimum Gasteiger partial charge on any atom is -0.444 e. The quantitative estimate of drug-likeness (QED) is 0.723. The Morgan fingerprint density at radius 3 is 2.63 bits per heavy atom. The zero-order valence-corrected chi connectivity index (χ0v) is 12.6. The fourth-order valence-corrected chi connectivity index (χ4v) is 2.49. The van der Waals surface area contributed by atoms with Crippen LogP contribution in [0.2, 0.25) is 0 Å². The standard InChI is InChI=1S/C14H23N3O2/c1-9-7-12-11(10(2)15-16(12)6)8-17(9)13(18)19-14(3,4)5/h9H,7-8H2,1-6H3. The van der Waals surface area contributed by atoms with Gasteiger partial charge in [0.1, 0.15) is 5.60 Å². The summed E-state index contributed by atoms with van der Waals surface area (Å²) in [7, 11) is 1.96. The van der Waals surface area contributed by atoms with Crippen molar-refractivity contribution in [2.45, 2.75) is 59.2 Å². The smallest absolute Gasteiger partial charge is 0.410 e. The van der Waals surface area contributed by atoms with Gasteiger partial charge < -0.3 is 9.64 Å². The Morgan fingerprint density at radius 2 is 2.05 bits per heavy atom. The van der Waals surface area contributed by atoms with Crippen LogP contribution in [0.4, 0.5) is 4.79 Å². The molecule has 0 radical (unpaired) electrons. The number of carbonyl (C=O) groups excluding carboxylic acids is 1. The normalized spacial score (nSPS) is 19.3. The lowest BCUT2D eigenvalue weighted by Gasteiger charge is -2.35. The van der Waals surface area contributed by atoms with Crippen LogP contribution in [0.5, 0.6) is 0 Å². The second kappa shape index (κ2) is 4.54. The van der Waals surface area contributed by atoms with Gasteiger partial charge in [-0.05, 0) is 34.6 Å². The van der Waals surface area contributed by atoms with Gasteiger partial charge in [-0.25, -0.2) is 4.79 Å². The monoisotopic (exact) mass is 265 g/mol. The highest BCUT2D eigenvalue weighted by molar-refractivity contribution is 5.69. The van der Waals surface area contributed by atoms with Gasteiger partial charge in [-0.15, -0.1) is 0 Å². The number of aryl methyl sites for hydroxylation is 2. The molecule has 0 N–H and O–H groups in total. The van der Waals surface area contributed by atoms with Crippen LogP contribution in [-0.2, 0) is 24.8 Å². The lowest BCUT2D eigenvalue weighted by molar-refractivity contribution is 0.0136. The van der Waals surface area contributed by atoms with E-state index in [2.05, 4.69) is 12.0 Å². The number of ether oxygens (including phenoxy) is 1. The number of amides is 1. The summed E-state index contributed by atoms with van der Waals surface area (Å²) >= 11 is 0. The summed E-state index contributed by atoms with van der Waals surface area (Å²) in [6.07, 6.45) is 0.584. The Morgan fingerprint density at radius 1 is 1.42 bits per heavy atom. The number of hydrogen-bond acceptors (Lipinski definition) is 3. The Kier molecular flexibility index (Phi) is 3.32. The molecule has 1 aliphatic rings. The van der Waals surface area contributed by atoms with Gasteiger partial charge in [-0.2, -0.15) is 5.10 Å². The molecule has 1 atom stereocenters. The highest BCUT2D eigenvalue weighted by Crippen LogP contribution is 2.26. The predicted molar refractivity (Wildman–Crippen MR) is 72.9 cm³/mol. The molecular weight excluding hydrogens is 242 g/mol. The molecule has 2 rings (SSSR count). The third-order valence-corrected chi connectivity index (χ3v) is 3.45. The van der Waals surface area contributed by atoms with Crippen molar-refractivity contribution >= 4 is 6.09 Å². The average molecular weight is 265 g/mol. The summed E-state index contributed by atoms with van der Waals surface area (Å²) in [4.78, 5) is 14.0. The highest BCUT2D eigenvalue weighted by atomic mass is 16.6. The molecule has 0 saturated carbocycles. The second-order valence-electron chi connectivity index (χ2n) is 6.30. The fourth-order valence-electron chi connectivity index (χ4n) is 2.49. The van der Waals surface area contributed by atoms with Crippen LogP contribution in [-0.4, -0.2) is 32.4 Å². The summed E-state index contributed by atoms with van der Waals surface area (Å²) in [6.45, 7) is 10.3. The van der Waals surface area contributed by atoms with Crippen molar-refractivity contribution in [1.82, 2.24) is 14.7 Å². The van der Waals surface area contributed by atoms with E-state index in [1.54, 1.807) is 4.90 Å². The summed E-state index contributed by atoms with van der Waals surface area (Å²) in [5.74, 6) is 0. The average Bonchev–Trinajstić information content (AvgIpc) is 2.50. The van der Waals surface area contributed by atoms with Crippen molar-refractivity contribution in [3.05, 3.63) is 17.0 Å². The van der Waals surface area contributed by atoms with E-state index in [0.717, 1.165) is 17.7 Å². The molecule has 1 aromatic rings. The van der Waals surface area contributed by atoms with Crippen LogP contribution in [0.3, 0.4) is 0 Å². The first-order chi connectivity index (χ1) is 8.69. The van der Waals surface area contributed by atoms with Crippen molar-refractivity contribution in [3.8, 4) is 0 Å². The maximum Gasteiger partial charge on any atom is 0.410 e. The summed E-state index contributed by atoms with van der Waals surface area (Å²) in [5.41, 5.74) is 2.93. The van der Waals surface area contributed by atoms with Crippen molar-refractivity contribution in [2.24, 2.45) is 7.05 Å². The van der Waals surface area contributed by atoms with E-state index in [1.165, 1.54) is 5.69 Å². The van der Waals surface area contributed by atoms with E-state index in [9.17, 15) is 4.79 Å². The molecule has 1 amide bonds. The van der Waals surface area contributed by atoms with Gasteiger partial charge in [0.2, 0.25) is 0 Å². The Balaban J connectivity index is 2.22. The molecule has 0 fully saturated rings.